The molecule has 98 valence electrons. The Balaban J connectivity index is 1.78. The first-order valence-electron chi connectivity index (χ1n) is 6.87. The third-order valence-electron chi connectivity index (χ3n) is 4.25. The Bertz CT molecular complexity index is 263. The Hall–Kier alpha value is -0.610. The van der Waals surface area contributed by atoms with Crippen molar-refractivity contribution in [3.63, 3.8) is 0 Å². The van der Waals surface area contributed by atoms with Crippen molar-refractivity contribution in [1.82, 2.24) is 15.1 Å². The van der Waals surface area contributed by atoms with Gasteiger partial charge in [0.25, 0.3) is 0 Å². The van der Waals surface area contributed by atoms with E-state index in [1.165, 1.54) is 6.42 Å². The average molecular weight is 239 g/mol. The largest absolute Gasteiger partial charge is 0.339 e. The van der Waals surface area contributed by atoms with Gasteiger partial charge in [-0.3, -0.25) is 9.69 Å². The van der Waals surface area contributed by atoms with Crippen molar-refractivity contribution >= 4 is 5.91 Å². The van der Waals surface area contributed by atoms with E-state index in [0.717, 1.165) is 51.1 Å². The van der Waals surface area contributed by atoms with E-state index in [0.29, 0.717) is 12.5 Å². The third-order valence-corrected chi connectivity index (χ3v) is 4.25. The van der Waals surface area contributed by atoms with Crippen LogP contribution in [0, 0.1) is 11.8 Å². The quantitative estimate of drug-likeness (QED) is 0.757. The van der Waals surface area contributed by atoms with Crippen molar-refractivity contribution in [3.05, 3.63) is 0 Å². The van der Waals surface area contributed by atoms with E-state index in [9.17, 15) is 4.79 Å². The monoisotopic (exact) mass is 239 g/mol. The number of amides is 1. The van der Waals surface area contributed by atoms with Crippen LogP contribution in [-0.2, 0) is 4.79 Å². The first kappa shape index (κ1) is 12.8. The molecule has 2 rings (SSSR count). The fraction of sp³-hybridized carbons (Fsp3) is 0.923. The summed E-state index contributed by atoms with van der Waals surface area (Å²) in [4.78, 5) is 16.4. The molecule has 0 aromatic heterocycles. The van der Waals surface area contributed by atoms with Gasteiger partial charge in [0.15, 0.2) is 0 Å². The van der Waals surface area contributed by atoms with Gasteiger partial charge < -0.3 is 10.2 Å². The zero-order valence-corrected chi connectivity index (χ0v) is 11.1. The van der Waals surface area contributed by atoms with Crippen LogP contribution in [0.5, 0.6) is 0 Å². The van der Waals surface area contributed by atoms with Gasteiger partial charge in [0.2, 0.25) is 5.91 Å². The molecule has 0 aliphatic carbocycles. The van der Waals surface area contributed by atoms with Gasteiger partial charge in [0.1, 0.15) is 0 Å². The minimum absolute atomic E-state index is 0.313. The van der Waals surface area contributed by atoms with Crippen molar-refractivity contribution in [1.29, 1.82) is 0 Å². The minimum Gasteiger partial charge on any atom is -0.339 e. The molecule has 0 saturated carbocycles. The number of rotatable bonds is 2. The average Bonchev–Trinajstić information content (AvgIpc) is 2.35. The van der Waals surface area contributed by atoms with Crippen molar-refractivity contribution in [2.45, 2.75) is 20.3 Å². The molecule has 2 atom stereocenters. The standard InChI is InChI=1S/C13H25N3O/c1-11-3-6-15(9-12(11)2)10-13(17)16-7-4-14-5-8-16/h11-12,14H,3-10H2,1-2H3. The normalized spacial score (nSPS) is 31.5. The van der Waals surface area contributed by atoms with Gasteiger partial charge in [-0.2, -0.15) is 0 Å². The second-order valence-electron chi connectivity index (χ2n) is 5.61. The molecular weight excluding hydrogens is 214 g/mol. The van der Waals surface area contributed by atoms with Crippen LogP contribution >= 0.6 is 0 Å². The number of hydrogen-bond donors (Lipinski definition) is 1. The highest BCUT2D eigenvalue weighted by Crippen LogP contribution is 2.22. The molecule has 2 fully saturated rings. The molecule has 17 heavy (non-hydrogen) atoms. The molecule has 2 unspecified atom stereocenters. The van der Waals surface area contributed by atoms with Gasteiger partial charge in [-0.1, -0.05) is 13.8 Å². The maximum atomic E-state index is 12.1. The van der Waals surface area contributed by atoms with Gasteiger partial charge in [0, 0.05) is 32.7 Å². The lowest BCUT2D eigenvalue weighted by molar-refractivity contribution is -0.133. The predicted octanol–water partition coefficient (Wildman–Crippen LogP) is 0.396. The second kappa shape index (κ2) is 5.83. The Kier molecular flexibility index (Phi) is 4.40. The molecule has 4 nitrogen and oxygen atoms in total. The number of carbonyl (C=O) groups excluding carboxylic acids is 1. The molecule has 0 bridgehead atoms. The molecule has 2 aliphatic rings. The van der Waals surface area contributed by atoms with Crippen molar-refractivity contribution < 1.29 is 4.79 Å². The van der Waals surface area contributed by atoms with E-state index in [1.807, 2.05) is 4.90 Å². The SMILES string of the molecule is CC1CCN(CC(=O)N2CCNCC2)CC1C. The van der Waals surface area contributed by atoms with Gasteiger partial charge in [-0.25, -0.2) is 0 Å². The maximum absolute atomic E-state index is 12.1. The van der Waals surface area contributed by atoms with E-state index in [-0.39, 0.29) is 0 Å². The summed E-state index contributed by atoms with van der Waals surface area (Å²) < 4.78 is 0. The molecule has 2 heterocycles. The summed E-state index contributed by atoms with van der Waals surface area (Å²) in [6.45, 7) is 11.0. The van der Waals surface area contributed by atoms with Crippen LogP contribution in [0.1, 0.15) is 20.3 Å². The summed E-state index contributed by atoms with van der Waals surface area (Å²) in [5, 5.41) is 3.28. The smallest absolute Gasteiger partial charge is 0.236 e. The van der Waals surface area contributed by atoms with Crippen LogP contribution in [0.25, 0.3) is 0 Å². The molecule has 1 amide bonds. The van der Waals surface area contributed by atoms with Gasteiger partial charge in [-0.05, 0) is 24.8 Å². The van der Waals surface area contributed by atoms with Gasteiger partial charge in [0.05, 0.1) is 6.54 Å². The molecule has 1 N–H and O–H groups in total. The lowest BCUT2D eigenvalue weighted by atomic mass is 9.89. The molecule has 0 spiro atoms. The van der Waals surface area contributed by atoms with E-state index < -0.39 is 0 Å². The lowest BCUT2D eigenvalue weighted by Crippen LogP contribution is -2.51. The summed E-state index contributed by atoms with van der Waals surface area (Å²) >= 11 is 0. The third kappa shape index (κ3) is 3.42. The number of nitrogens with zero attached hydrogens (tertiary/aromatic N) is 2. The van der Waals surface area contributed by atoms with E-state index >= 15 is 0 Å². The summed E-state index contributed by atoms with van der Waals surface area (Å²) in [7, 11) is 0. The van der Waals surface area contributed by atoms with Crippen LogP contribution in [0.15, 0.2) is 0 Å². The summed E-state index contributed by atoms with van der Waals surface area (Å²) in [5.41, 5.74) is 0. The van der Waals surface area contributed by atoms with E-state index in [4.69, 9.17) is 0 Å². The minimum atomic E-state index is 0.313. The van der Waals surface area contributed by atoms with Crippen molar-refractivity contribution in [2.24, 2.45) is 11.8 Å². The number of piperidine rings is 1. The zero-order chi connectivity index (χ0) is 12.3. The van der Waals surface area contributed by atoms with E-state index in [1.54, 1.807) is 0 Å². The molecule has 0 radical (unpaired) electrons. The maximum Gasteiger partial charge on any atom is 0.236 e. The van der Waals surface area contributed by atoms with Crippen LogP contribution < -0.4 is 5.32 Å². The van der Waals surface area contributed by atoms with Gasteiger partial charge in [-0.15, -0.1) is 0 Å². The number of hydrogen-bond acceptors (Lipinski definition) is 3. The summed E-state index contributed by atoms with van der Waals surface area (Å²) in [6.07, 6.45) is 1.23. The molecule has 2 saturated heterocycles. The highest BCUT2D eigenvalue weighted by atomic mass is 16.2. The highest BCUT2D eigenvalue weighted by Gasteiger charge is 2.25. The highest BCUT2D eigenvalue weighted by molar-refractivity contribution is 5.78. The molecule has 0 aromatic carbocycles. The summed E-state index contributed by atoms with van der Waals surface area (Å²) in [5.74, 6) is 1.84. The first-order chi connectivity index (χ1) is 8.16. The van der Waals surface area contributed by atoms with Crippen LogP contribution in [0.4, 0.5) is 0 Å². The Morgan fingerprint density at radius 3 is 2.53 bits per heavy atom. The number of piperazine rings is 1. The Morgan fingerprint density at radius 2 is 1.88 bits per heavy atom. The zero-order valence-electron chi connectivity index (χ0n) is 11.1. The van der Waals surface area contributed by atoms with Crippen LogP contribution in [-0.4, -0.2) is 61.5 Å². The fourth-order valence-corrected chi connectivity index (χ4v) is 2.70. The number of carbonyl (C=O) groups is 1. The van der Waals surface area contributed by atoms with Gasteiger partial charge >= 0.3 is 0 Å². The molecular formula is C13H25N3O. The Morgan fingerprint density at radius 1 is 1.18 bits per heavy atom. The topological polar surface area (TPSA) is 35.6 Å². The number of likely N-dealkylation sites (tertiary alicyclic amines) is 1. The second-order valence-corrected chi connectivity index (χ2v) is 5.61. The predicted molar refractivity (Wildman–Crippen MR) is 68.8 cm³/mol. The lowest BCUT2D eigenvalue weighted by Gasteiger charge is -2.36. The molecule has 2 aliphatic heterocycles. The summed E-state index contributed by atoms with van der Waals surface area (Å²) in [6, 6.07) is 0. The fourth-order valence-electron chi connectivity index (χ4n) is 2.70. The molecule has 4 heteroatoms. The van der Waals surface area contributed by atoms with E-state index in [2.05, 4.69) is 24.1 Å². The van der Waals surface area contributed by atoms with Crippen molar-refractivity contribution in [3.8, 4) is 0 Å². The number of nitrogens with one attached hydrogen (secondary N) is 1. The van der Waals surface area contributed by atoms with Crippen LogP contribution in [0.2, 0.25) is 0 Å². The molecule has 0 aromatic rings. The van der Waals surface area contributed by atoms with Crippen molar-refractivity contribution in [2.75, 3.05) is 45.8 Å². The first-order valence-corrected chi connectivity index (χ1v) is 6.87. The van der Waals surface area contributed by atoms with Crippen LogP contribution in [0.3, 0.4) is 0 Å². The Labute approximate surface area is 104 Å².